The Labute approximate surface area is 59.5 Å². The highest BCUT2D eigenvalue weighted by atomic mass is 79.9. The molecule has 0 atom stereocenters. The summed E-state index contributed by atoms with van der Waals surface area (Å²) in [6.07, 6.45) is 2.03. The van der Waals surface area contributed by atoms with Crippen molar-refractivity contribution < 1.29 is 0 Å². The fourth-order valence-electron chi connectivity index (χ4n) is 0.514. The average Bonchev–Trinajstić information content (AvgIpc) is 1.83. The molecule has 0 fully saturated rings. The molecule has 0 radical (unpaired) electrons. The Morgan fingerprint density at radius 2 is 1.88 bits per heavy atom. The molecule has 0 spiro atoms. The zero-order valence-electron chi connectivity index (χ0n) is 5.39. The van der Waals surface area contributed by atoms with Crippen molar-refractivity contribution in [2.24, 2.45) is 0 Å². The number of rotatable bonds is 3. The third-order valence-electron chi connectivity index (χ3n) is 1.08. The van der Waals surface area contributed by atoms with Crippen LogP contribution in [0, 0.1) is 0 Å². The highest BCUT2D eigenvalue weighted by Gasteiger charge is 1.85. The third-order valence-corrected chi connectivity index (χ3v) is 1.32. The van der Waals surface area contributed by atoms with Gasteiger partial charge in [0.2, 0.25) is 0 Å². The molecule has 0 aromatic heterocycles. The largest absolute Gasteiger partial charge is 0.377 e. The first kappa shape index (κ1) is 8.02. The molecule has 1 nitrogen and oxygen atoms in total. The predicted octanol–water partition coefficient (Wildman–Crippen LogP) is 2.19. The van der Waals surface area contributed by atoms with Crippen molar-refractivity contribution in [2.45, 2.75) is 13.8 Å². The molecule has 48 valence electrons. The summed E-state index contributed by atoms with van der Waals surface area (Å²) in [5.41, 5.74) is 0. The van der Waals surface area contributed by atoms with Crippen molar-refractivity contribution in [3.05, 3.63) is 11.2 Å². The van der Waals surface area contributed by atoms with Crippen LogP contribution in [0.3, 0.4) is 0 Å². The summed E-state index contributed by atoms with van der Waals surface area (Å²) >= 11 is 3.21. The Hall–Kier alpha value is 0.0200. The summed E-state index contributed by atoms with van der Waals surface area (Å²) in [5.74, 6) is 0. The smallest absolute Gasteiger partial charge is 0.0144 e. The van der Waals surface area contributed by atoms with Crippen LogP contribution in [-0.2, 0) is 0 Å². The van der Waals surface area contributed by atoms with Crippen LogP contribution >= 0.6 is 15.9 Å². The molecule has 0 saturated heterocycles. The minimum Gasteiger partial charge on any atom is -0.377 e. The fraction of sp³-hybridized carbons (Fsp3) is 0.667. The Bertz CT molecular complexity index is 66.9. The van der Waals surface area contributed by atoms with Gasteiger partial charge in [-0.05, 0) is 18.8 Å². The Balaban J connectivity index is 3.36. The molecule has 0 aromatic rings. The van der Waals surface area contributed by atoms with Crippen molar-refractivity contribution in [1.82, 2.24) is 4.90 Å². The number of nitrogens with zero attached hydrogens (tertiary/aromatic N) is 1. The van der Waals surface area contributed by atoms with E-state index in [0.717, 1.165) is 13.1 Å². The fourth-order valence-corrected chi connectivity index (χ4v) is 0.848. The summed E-state index contributed by atoms with van der Waals surface area (Å²) in [5, 5.41) is 0. The number of halogens is 1. The topological polar surface area (TPSA) is 3.24 Å². The van der Waals surface area contributed by atoms with E-state index in [1.54, 1.807) is 0 Å². The molecule has 0 unspecified atom stereocenters. The van der Waals surface area contributed by atoms with Crippen LogP contribution in [-0.4, -0.2) is 18.0 Å². The van der Waals surface area contributed by atoms with Crippen LogP contribution in [0.5, 0.6) is 0 Å². The lowest BCUT2D eigenvalue weighted by atomic mass is 10.5. The Morgan fingerprint density at radius 3 is 2.00 bits per heavy atom. The van der Waals surface area contributed by atoms with Gasteiger partial charge in [-0.1, -0.05) is 15.9 Å². The van der Waals surface area contributed by atoms with Crippen LogP contribution in [0.4, 0.5) is 0 Å². The van der Waals surface area contributed by atoms with Gasteiger partial charge in [-0.25, -0.2) is 0 Å². The van der Waals surface area contributed by atoms with E-state index < -0.39 is 0 Å². The second kappa shape index (κ2) is 5.16. The maximum absolute atomic E-state index is 3.21. The van der Waals surface area contributed by atoms with Gasteiger partial charge in [-0.3, -0.25) is 0 Å². The monoisotopic (exact) mass is 177 g/mol. The van der Waals surface area contributed by atoms with Crippen molar-refractivity contribution in [3.63, 3.8) is 0 Å². The summed E-state index contributed by atoms with van der Waals surface area (Å²) in [6, 6.07) is 0. The van der Waals surface area contributed by atoms with Gasteiger partial charge >= 0.3 is 0 Å². The number of hydrogen-bond acceptors (Lipinski definition) is 1. The minimum atomic E-state index is 1.08. The molecule has 0 rings (SSSR count). The van der Waals surface area contributed by atoms with Crippen LogP contribution in [0.25, 0.3) is 0 Å². The zero-order valence-corrected chi connectivity index (χ0v) is 6.98. The second-order valence-corrected chi connectivity index (χ2v) is 2.02. The average molecular weight is 178 g/mol. The van der Waals surface area contributed by atoms with Crippen LogP contribution in [0.2, 0.25) is 0 Å². The van der Waals surface area contributed by atoms with Crippen molar-refractivity contribution in [1.29, 1.82) is 0 Å². The summed E-state index contributed by atoms with van der Waals surface area (Å²) in [4.78, 5) is 4.08. The Kier molecular flexibility index (Phi) is 5.18. The molecule has 0 aliphatic carbocycles. The lowest BCUT2D eigenvalue weighted by Crippen LogP contribution is -2.14. The first-order valence-electron chi connectivity index (χ1n) is 2.86. The normalized spacial score (nSPS) is 10.4. The molecular formula is C6H12BrN. The SMILES string of the molecule is CCN(C=CBr)CC. The van der Waals surface area contributed by atoms with Gasteiger partial charge in [-0.2, -0.15) is 0 Å². The lowest BCUT2D eigenvalue weighted by molar-refractivity contribution is 0.420. The molecule has 0 amide bonds. The first-order valence-corrected chi connectivity index (χ1v) is 3.77. The first-order chi connectivity index (χ1) is 3.85. The molecule has 0 saturated carbocycles. The van der Waals surface area contributed by atoms with Crippen LogP contribution < -0.4 is 0 Å². The predicted molar refractivity (Wildman–Crippen MR) is 41.0 cm³/mol. The standard InChI is InChI=1S/C6H12BrN/c1-3-8(4-2)6-5-7/h5-6H,3-4H2,1-2H3. The van der Waals surface area contributed by atoms with E-state index in [0.29, 0.717) is 0 Å². The van der Waals surface area contributed by atoms with E-state index in [9.17, 15) is 0 Å². The van der Waals surface area contributed by atoms with Gasteiger partial charge in [0.15, 0.2) is 0 Å². The van der Waals surface area contributed by atoms with Crippen LogP contribution in [0.1, 0.15) is 13.8 Å². The van der Waals surface area contributed by atoms with Gasteiger partial charge in [0, 0.05) is 19.3 Å². The molecule has 0 N–H and O–H groups in total. The second-order valence-electron chi connectivity index (χ2n) is 1.50. The van der Waals surface area contributed by atoms with Gasteiger partial charge in [-0.15, -0.1) is 0 Å². The highest BCUT2D eigenvalue weighted by molar-refractivity contribution is 9.11. The third kappa shape index (κ3) is 3.08. The zero-order chi connectivity index (χ0) is 6.41. The van der Waals surface area contributed by atoms with Gasteiger partial charge in [0.25, 0.3) is 0 Å². The summed E-state index contributed by atoms with van der Waals surface area (Å²) in [7, 11) is 0. The minimum absolute atomic E-state index is 1.08. The molecule has 8 heavy (non-hydrogen) atoms. The van der Waals surface area contributed by atoms with E-state index >= 15 is 0 Å². The Morgan fingerprint density at radius 1 is 1.38 bits per heavy atom. The van der Waals surface area contributed by atoms with E-state index in [-0.39, 0.29) is 0 Å². The van der Waals surface area contributed by atoms with E-state index in [2.05, 4.69) is 34.7 Å². The van der Waals surface area contributed by atoms with E-state index in [4.69, 9.17) is 0 Å². The van der Waals surface area contributed by atoms with Crippen LogP contribution in [0.15, 0.2) is 11.2 Å². The molecule has 0 aromatic carbocycles. The molecule has 0 bridgehead atoms. The molecular weight excluding hydrogens is 166 g/mol. The quantitative estimate of drug-likeness (QED) is 0.640. The molecule has 0 aliphatic heterocycles. The van der Waals surface area contributed by atoms with Crippen molar-refractivity contribution >= 4 is 15.9 Å². The van der Waals surface area contributed by atoms with Gasteiger partial charge < -0.3 is 4.90 Å². The van der Waals surface area contributed by atoms with Gasteiger partial charge in [0.05, 0.1) is 0 Å². The molecule has 2 heteroatoms. The van der Waals surface area contributed by atoms with E-state index in [1.165, 1.54) is 0 Å². The van der Waals surface area contributed by atoms with Crippen molar-refractivity contribution in [3.8, 4) is 0 Å². The molecule has 0 heterocycles. The van der Waals surface area contributed by atoms with E-state index in [1.807, 2.05) is 11.2 Å². The summed E-state index contributed by atoms with van der Waals surface area (Å²) in [6.45, 7) is 6.43. The van der Waals surface area contributed by atoms with Gasteiger partial charge in [0.1, 0.15) is 0 Å². The lowest BCUT2D eigenvalue weighted by Gasteiger charge is -2.13. The maximum Gasteiger partial charge on any atom is 0.0144 e. The maximum atomic E-state index is 3.21. The number of hydrogen-bond donors (Lipinski definition) is 0. The molecule has 0 aliphatic rings. The summed E-state index contributed by atoms with van der Waals surface area (Å²) < 4.78 is 0. The highest BCUT2D eigenvalue weighted by Crippen LogP contribution is 1.90. The van der Waals surface area contributed by atoms with Crippen molar-refractivity contribution in [2.75, 3.05) is 13.1 Å².